The van der Waals surface area contributed by atoms with E-state index in [9.17, 15) is 9.59 Å². The van der Waals surface area contributed by atoms with Crippen LogP contribution in [0.4, 0.5) is 5.69 Å². The van der Waals surface area contributed by atoms with Crippen LogP contribution in [0.15, 0.2) is 30.3 Å². The molecule has 1 amide bonds. The molecule has 1 aliphatic heterocycles. The number of nitrogens with one attached hydrogen (secondary N) is 1. The fourth-order valence-corrected chi connectivity index (χ4v) is 3.69. The molecule has 9 heteroatoms. The second-order valence-corrected chi connectivity index (χ2v) is 7.09. The van der Waals surface area contributed by atoms with Gasteiger partial charge >= 0.3 is 5.97 Å². The third-order valence-corrected chi connectivity index (χ3v) is 5.03. The number of para-hydroxylation sites is 1. The van der Waals surface area contributed by atoms with Crippen molar-refractivity contribution in [3.05, 3.63) is 46.5 Å². The Bertz CT molecular complexity index is 979. The Balaban J connectivity index is 2.18. The molecule has 0 spiro atoms. The molecule has 2 aromatic carbocycles. The van der Waals surface area contributed by atoms with Gasteiger partial charge in [0.15, 0.2) is 11.5 Å². The van der Waals surface area contributed by atoms with Crippen molar-refractivity contribution >= 4 is 29.2 Å². The van der Waals surface area contributed by atoms with E-state index in [2.05, 4.69) is 5.32 Å². The average Bonchev–Trinajstić information content (AvgIpc) is 2.89. The van der Waals surface area contributed by atoms with Crippen molar-refractivity contribution in [2.75, 3.05) is 33.3 Å². The molecule has 3 rings (SSSR count). The van der Waals surface area contributed by atoms with Gasteiger partial charge < -0.3 is 29.0 Å². The maximum Gasteiger partial charge on any atom is 0.308 e. The van der Waals surface area contributed by atoms with E-state index in [0.717, 1.165) is 0 Å². The lowest BCUT2D eigenvalue weighted by atomic mass is 9.98. The molecule has 1 heterocycles. The van der Waals surface area contributed by atoms with Gasteiger partial charge in [0.25, 0.3) is 5.91 Å². The van der Waals surface area contributed by atoms with Crippen molar-refractivity contribution < 1.29 is 33.3 Å². The summed E-state index contributed by atoms with van der Waals surface area (Å²) < 4.78 is 27.6. The molecule has 1 N–H and O–H groups in total. The van der Waals surface area contributed by atoms with E-state index in [1.54, 1.807) is 37.3 Å². The first kappa shape index (κ1) is 22.7. The highest BCUT2D eigenvalue weighted by molar-refractivity contribution is 6.31. The molecule has 2 aromatic rings. The number of ether oxygens (including phenoxy) is 5. The number of methoxy groups -OCH3 is 3. The Hall–Kier alpha value is -2.97. The number of anilines is 1. The van der Waals surface area contributed by atoms with Gasteiger partial charge in [-0.25, -0.2) is 0 Å². The van der Waals surface area contributed by atoms with Crippen LogP contribution in [0.5, 0.6) is 17.2 Å². The smallest absolute Gasteiger partial charge is 0.308 e. The van der Waals surface area contributed by atoms with Gasteiger partial charge in [0, 0.05) is 22.2 Å². The van der Waals surface area contributed by atoms with Crippen LogP contribution in [0.1, 0.15) is 30.6 Å². The number of amides is 1. The number of fused-ring (bicyclic) bond motifs is 1. The van der Waals surface area contributed by atoms with E-state index in [1.807, 2.05) is 0 Å². The molecule has 0 aromatic heterocycles. The predicted molar refractivity (Wildman–Crippen MR) is 114 cm³/mol. The quantitative estimate of drug-likeness (QED) is 0.643. The second kappa shape index (κ2) is 9.89. The number of hydrogen-bond acceptors (Lipinski definition) is 7. The van der Waals surface area contributed by atoms with E-state index in [4.69, 9.17) is 35.3 Å². The van der Waals surface area contributed by atoms with Crippen molar-refractivity contribution in [2.24, 2.45) is 0 Å². The maximum absolute atomic E-state index is 12.9. The summed E-state index contributed by atoms with van der Waals surface area (Å²) in [4.78, 5) is 25.0. The number of benzene rings is 2. The zero-order chi connectivity index (χ0) is 22.5. The van der Waals surface area contributed by atoms with Crippen LogP contribution in [0.25, 0.3) is 0 Å². The fraction of sp³-hybridized carbons (Fsp3) is 0.364. The van der Waals surface area contributed by atoms with Gasteiger partial charge in [-0.1, -0.05) is 23.7 Å². The molecule has 0 fully saturated rings. The molecule has 0 radical (unpaired) electrons. The molecule has 0 unspecified atom stereocenters. The minimum atomic E-state index is -1.11. The number of carbonyl (C=O) groups is 2. The lowest BCUT2D eigenvalue weighted by Crippen LogP contribution is -2.32. The summed E-state index contributed by atoms with van der Waals surface area (Å²) in [7, 11) is 4.51. The van der Waals surface area contributed by atoms with Crippen molar-refractivity contribution in [1.82, 2.24) is 0 Å². The van der Waals surface area contributed by atoms with Crippen molar-refractivity contribution in [2.45, 2.75) is 25.6 Å². The summed E-state index contributed by atoms with van der Waals surface area (Å²) in [5, 5.41) is 3.20. The van der Waals surface area contributed by atoms with Gasteiger partial charge in [0.1, 0.15) is 18.0 Å². The van der Waals surface area contributed by atoms with E-state index >= 15 is 0 Å². The van der Waals surface area contributed by atoms with Crippen LogP contribution >= 0.6 is 11.6 Å². The monoisotopic (exact) mass is 449 g/mol. The van der Waals surface area contributed by atoms with E-state index < -0.39 is 24.1 Å². The molecular formula is C22H24ClNO7. The molecule has 31 heavy (non-hydrogen) atoms. The van der Waals surface area contributed by atoms with E-state index in [0.29, 0.717) is 39.1 Å². The molecule has 0 bridgehead atoms. The summed E-state index contributed by atoms with van der Waals surface area (Å²) in [6, 6.07) is 8.59. The summed E-state index contributed by atoms with van der Waals surface area (Å²) in [5.41, 5.74) is 1.55. The Morgan fingerprint density at radius 2 is 1.84 bits per heavy atom. The van der Waals surface area contributed by atoms with Gasteiger partial charge in [0.2, 0.25) is 0 Å². The highest BCUT2D eigenvalue weighted by Crippen LogP contribution is 2.46. The normalized spacial score (nSPS) is 17.8. The van der Waals surface area contributed by atoms with Crippen LogP contribution in [0, 0.1) is 0 Å². The number of halogens is 1. The standard InChI is InChI=1S/C22H24ClNO7/c1-5-30-18(25)11-17-22(26)24-19-14(9-12(23)10-16(19)28-3)20(31-17)13-7-6-8-15(27-2)21(13)29-4/h6-10,17,20H,5,11H2,1-4H3,(H,24,26)/t17-,20-/m0/s1. The maximum atomic E-state index is 12.9. The van der Waals surface area contributed by atoms with Crippen molar-refractivity contribution in [1.29, 1.82) is 0 Å². The third-order valence-electron chi connectivity index (χ3n) is 4.81. The van der Waals surface area contributed by atoms with E-state index in [-0.39, 0.29) is 13.0 Å². The van der Waals surface area contributed by atoms with Gasteiger partial charge in [-0.05, 0) is 19.1 Å². The molecule has 166 valence electrons. The van der Waals surface area contributed by atoms with Crippen molar-refractivity contribution in [3.8, 4) is 17.2 Å². The van der Waals surface area contributed by atoms with Crippen LogP contribution in [-0.4, -0.2) is 45.9 Å². The van der Waals surface area contributed by atoms with Crippen LogP contribution < -0.4 is 19.5 Å². The highest BCUT2D eigenvalue weighted by atomic mass is 35.5. The summed E-state index contributed by atoms with van der Waals surface area (Å²) in [6.45, 7) is 1.89. The van der Waals surface area contributed by atoms with Gasteiger partial charge in [0.05, 0.1) is 40.0 Å². The second-order valence-electron chi connectivity index (χ2n) is 6.66. The third kappa shape index (κ3) is 4.70. The largest absolute Gasteiger partial charge is 0.495 e. The molecule has 0 saturated carbocycles. The Kier molecular flexibility index (Phi) is 7.25. The van der Waals surface area contributed by atoms with Crippen LogP contribution in [0.2, 0.25) is 5.02 Å². The SMILES string of the molecule is CCOC(=O)C[C@@H]1O[C@@H](c2cccc(OC)c2OC)c2cc(Cl)cc(OC)c2NC1=O. The molecule has 8 nitrogen and oxygen atoms in total. The molecule has 0 aliphatic carbocycles. The van der Waals surface area contributed by atoms with Crippen LogP contribution in [-0.2, 0) is 19.1 Å². The molecule has 1 aliphatic rings. The predicted octanol–water partition coefficient (Wildman–Crippen LogP) is 3.75. The van der Waals surface area contributed by atoms with Gasteiger partial charge in [-0.3, -0.25) is 9.59 Å². The number of hydrogen-bond donors (Lipinski definition) is 1. The van der Waals surface area contributed by atoms with Gasteiger partial charge in [-0.2, -0.15) is 0 Å². The highest BCUT2D eigenvalue weighted by Gasteiger charge is 2.36. The summed E-state index contributed by atoms with van der Waals surface area (Å²) in [6.07, 6.45) is -2.19. The minimum Gasteiger partial charge on any atom is -0.495 e. The summed E-state index contributed by atoms with van der Waals surface area (Å²) >= 11 is 6.32. The first-order valence-electron chi connectivity index (χ1n) is 9.63. The molecule has 0 saturated heterocycles. The zero-order valence-electron chi connectivity index (χ0n) is 17.7. The van der Waals surface area contributed by atoms with Crippen LogP contribution in [0.3, 0.4) is 0 Å². The Morgan fingerprint density at radius 1 is 1.10 bits per heavy atom. The Labute approximate surface area is 185 Å². The van der Waals surface area contributed by atoms with Gasteiger partial charge in [-0.15, -0.1) is 0 Å². The number of carbonyl (C=O) groups excluding carboxylic acids is 2. The molecule has 2 atom stereocenters. The number of rotatable bonds is 7. The van der Waals surface area contributed by atoms with Crippen molar-refractivity contribution in [3.63, 3.8) is 0 Å². The fourth-order valence-electron chi connectivity index (χ4n) is 3.48. The first-order chi connectivity index (χ1) is 14.9. The van der Waals surface area contributed by atoms with E-state index in [1.165, 1.54) is 21.3 Å². The average molecular weight is 450 g/mol. The topological polar surface area (TPSA) is 92.3 Å². The summed E-state index contributed by atoms with van der Waals surface area (Å²) in [5.74, 6) is 0.242. The lowest BCUT2D eigenvalue weighted by molar-refractivity contribution is -0.150. The Morgan fingerprint density at radius 3 is 2.48 bits per heavy atom. The first-order valence-corrected chi connectivity index (χ1v) is 10.0. The zero-order valence-corrected chi connectivity index (χ0v) is 18.4. The minimum absolute atomic E-state index is 0.198. The number of esters is 1. The molecular weight excluding hydrogens is 426 g/mol. The lowest BCUT2D eigenvalue weighted by Gasteiger charge is -2.24.